The average Bonchev–Trinajstić information content (AvgIpc) is 3.27. The van der Waals surface area contributed by atoms with Crippen molar-refractivity contribution in [3.05, 3.63) is 36.2 Å². The minimum Gasteiger partial charge on any atom is -0.507 e. The molecule has 3 aromatic rings. The first-order valence-electron chi connectivity index (χ1n) is 9.75. The Morgan fingerprint density at radius 1 is 1.00 bits per heavy atom. The van der Waals surface area contributed by atoms with E-state index in [9.17, 15) is 5.11 Å². The van der Waals surface area contributed by atoms with Gasteiger partial charge in [0.05, 0.1) is 11.4 Å². The van der Waals surface area contributed by atoms with E-state index in [1.54, 1.807) is 23.7 Å². The van der Waals surface area contributed by atoms with Crippen LogP contribution in [-0.4, -0.2) is 41.6 Å². The molecule has 0 radical (unpaired) electrons. The summed E-state index contributed by atoms with van der Waals surface area (Å²) in [6, 6.07) is 8.90. The first kappa shape index (κ1) is 17.1. The van der Waals surface area contributed by atoms with E-state index in [0.717, 1.165) is 24.7 Å². The molecule has 0 aliphatic heterocycles. The summed E-state index contributed by atoms with van der Waals surface area (Å²) in [5.41, 5.74) is 1.88. The van der Waals surface area contributed by atoms with Crippen molar-refractivity contribution < 1.29 is 9.84 Å². The third-order valence-electron chi connectivity index (χ3n) is 5.90. The van der Waals surface area contributed by atoms with Gasteiger partial charge in [-0.2, -0.15) is 4.68 Å². The zero-order valence-electron chi connectivity index (χ0n) is 15.7. The number of tetrazole rings is 1. The fraction of sp³-hybridized carbons (Fsp3) is 0.450. The summed E-state index contributed by atoms with van der Waals surface area (Å²) in [6.45, 7) is 1.80. The average molecular weight is 378 g/mol. The fourth-order valence-electron chi connectivity index (χ4n) is 4.58. The van der Waals surface area contributed by atoms with E-state index in [0.29, 0.717) is 28.6 Å². The van der Waals surface area contributed by atoms with Crippen LogP contribution in [0.2, 0.25) is 0 Å². The summed E-state index contributed by atoms with van der Waals surface area (Å²) in [5.74, 6) is 2.92. The van der Waals surface area contributed by atoms with Gasteiger partial charge in [-0.1, -0.05) is 12.8 Å². The Bertz CT molecular complexity index is 975. The number of fused-ring (bicyclic) bond motifs is 2. The molecular weight excluding hydrogens is 356 g/mol. The van der Waals surface area contributed by atoms with Gasteiger partial charge >= 0.3 is 0 Å². The second-order valence-corrected chi connectivity index (χ2v) is 7.85. The molecule has 2 aliphatic carbocycles. The van der Waals surface area contributed by atoms with Crippen LogP contribution in [0.15, 0.2) is 30.3 Å². The third-order valence-corrected chi connectivity index (χ3v) is 5.90. The summed E-state index contributed by atoms with van der Waals surface area (Å²) < 4.78 is 7.64. The Labute approximate surface area is 162 Å². The van der Waals surface area contributed by atoms with Crippen LogP contribution in [0, 0.1) is 18.8 Å². The van der Waals surface area contributed by atoms with Crippen LogP contribution in [0.4, 0.5) is 0 Å². The summed E-state index contributed by atoms with van der Waals surface area (Å²) in [5, 5.41) is 30.3. The third kappa shape index (κ3) is 3.19. The Kier molecular flexibility index (Phi) is 4.18. The van der Waals surface area contributed by atoms with Crippen molar-refractivity contribution in [1.82, 2.24) is 30.4 Å². The molecule has 5 rings (SSSR count). The van der Waals surface area contributed by atoms with Crippen molar-refractivity contribution >= 4 is 0 Å². The molecule has 8 heteroatoms. The molecule has 2 saturated carbocycles. The van der Waals surface area contributed by atoms with Gasteiger partial charge < -0.3 is 9.84 Å². The standard InChI is InChI=1S/C20H22N6O2/c1-12-21-24-25-26(12)15-4-5-17(19(27)11-15)18-6-7-20(23-22-18)28-16-9-13-2-3-14(8-13)10-16/h4-7,11,13-14,16,27H,2-3,8-10H2,1H3/t13-,14?,16?/m0/s1. The summed E-state index contributed by atoms with van der Waals surface area (Å²) >= 11 is 0. The van der Waals surface area contributed by atoms with Gasteiger partial charge in [-0.3, -0.25) is 0 Å². The highest BCUT2D eigenvalue weighted by Gasteiger charge is 2.35. The molecule has 0 amide bonds. The molecule has 2 fully saturated rings. The zero-order valence-corrected chi connectivity index (χ0v) is 15.7. The first-order chi connectivity index (χ1) is 13.7. The maximum absolute atomic E-state index is 10.4. The normalized spacial score (nSPS) is 23.7. The molecule has 1 aromatic carbocycles. The van der Waals surface area contributed by atoms with E-state index >= 15 is 0 Å². The van der Waals surface area contributed by atoms with Crippen molar-refractivity contribution in [1.29, 1.82) is 0 Å². The number of phenols is 1. The predicted octanol–water partition coefficient (Wildman–Crippen LogP) is 3.09. The molecule has 0 saturated heterocycles. The number of ether oxygens (including phenoxy) is 1. The largest absolute Gasteiger partial charge is 0.507 e. The quantitative estimate of drug-likeness (QED) is 0.745. The number of rotatable bonds is 4. The predicted molar refractivity (Wildman–Crippen MR) is 101 cm³/mol. The molecule has 144 valence electrons. The van der Waals surface area contributed by atoms with Gasteiger partial charge in [-0.25, -0.2) is 0 Å². The maximum Gasteiger partial charge on any atom is 0.233 e. The minimum atomic E-state index is 0.0965. The van der Waals surface area contributed by atoms with Gasteiger partial charge in [0.25, 0.3) is 0 Å². The molecule has 28 heavy (non-hydrogen) atoms. The highest BCUT2D eigenvalue weighted by Crippen LogP contribution is 2.43. The van der Waals surface area contributed by atoms with Gasteiger partial charge in [0.1, 0.15) is 11.9 Å². The topological polar surface area (TPSA) is 98.8 Å². The number of aromatic hydroxyl groups is 1. The van der Waals surface area contributed by atoms with Crippen LogP contribution < -0.4 is 4.74 Å². The molecule has 1 N–H and O–H groups in total. The molecule has 2 aliphatic rings. The lowest BCUT2D eigenvalue weighted by Crippen LogP contribution is -2.26. The monoisotopic (exact) mass is 378 g/mol. The molecule has 2 aromatic heterocycles. The maximum atomic E-state index is 10.4. The summed E-state index contributed by atoms with van der Waals surface area (Å²) in [4.78, 5) is 0. The number of aryl methyl sites for hydroxylation is 1. The van der Waals surface area contributed by atoms with Crippen molar-refractivity contribution in [3.63, 3.8) is 0 Å². The summed E-state index contributed by atoms with van der Waals surface area (Å²) in [7, 11) is 0. The first-order valence-corrected chi connectivity index (χ1v) is 9.75. The Hall–Kier alpha value is -3.03. The van der Waals surface area contributed by atoms with Gasteiger partial charge in [0.15, 0.2) is 5.82 Å². The Balaban J connectivity index is 1.32. The zero-order chi connectivity index (χ0) is 19.1. The second kappa shape index (κ2) is 6.85. The number of benzene rings is 1. The summed E-state index contributed by atoms with van der Waals surface area (Å²) in [6.07, 6.45) is 6.54. The molecule has 2 bridgehead atoms. The number of hydrogen-bond acceptors (Lipinski definition) is 7. The van der Waals surface area contributed by atoms with Crippen molar-refractivity contribution in [2.24, 2.45) is 11.8 Å². The van der Waals surface area contributed by atoms with E-state index in [1.165, 1.54) is 19.3 Å². The number of phenolic OH excluding ortho intramolecular Hbond substituents is 1. The van der Waals surface area contributed by atoms with E-state index in [-0.39, 0.29) is 11.9 Å². The van der Waals surface area contributed by atoms with Gasteiger partial charge in [-0.05, 0) is 66.6 Å². The highest BCUT2D eigenvalue weighted by molar-refractivity contribution is 5.68. The van der Waals surface area contributed by atoms with Crippen LogP contribution in [0.1, 0.15) is 37.9 Å². The molecule has 2 heterocycles. The van der Waals surface area contributed by atoms with Crippen LogP contribution in [-0.2, 0) is 0 Å². The van der Waals surface area contributed by atoms with Gasteiger partial charge in [0, 0.05) is 17.7 Å². The lowest BCUT2D eigenvalue weighted by atomic mass is 9.87. The highest BCUT2D eigenvalue weighted by atomic mass is 16.5. The second-order valence-electron chi connectivity index (χ2n) is 7.85. The van der Waals surface area contributed by atoms with Crippen molar-refractivity contribution in [2.45, 2.75) is 45.1 Å². The lowest BCUT2D eigenvalue weighted by Gasteiger charge is -2.27. The number of hydrogen-bond donors (Lipinski definition) is 1. The fourth-order valence-corrected chi connectivity index (χ4v) is 4.58. The van der Waals surface area contributed by atoms with Gasteiger partial charge in [-0.15, -0.1) is 15.3 Å². The molecule has 0 spiro atoms. The van der Waals surface area contributed by atoms with Gasteiger partial charge in [0.2, 0.25) is 5.88 Å². The van der Waals surface area contributed by atoms with E-state index < -0.39 is 0 Å². The van der Waals surface area contributed by atoms with Crippen LogP contribution in [0.5, 0.6) is 11.6 Å². The van der Waals surface area contributed by atoms with E-state index in [4.69, 9.17) is 4.74 Å². The van der Waals surface area contributed by atoms with E-state index in [2.05, 4.69) is 25.7 Å². The van der Waals surface area contributed by atoms with Crippen LogP contribution in [0.3, 0.4) is 0 Å². The van der Waals surface area contributed by atoms with E-state index in [1.807, 2.05) is 18.2 Å². The minimum absolute atomic E-state index is 0.0965. The molecule has 8 nitrogen and oxygen atoms in total. The number of aromatic nitrogens is 6. The molecule has 2 unspecified atom stereocenters. The Morgan fingerprint density at radius 3 is 2.46 bits per heavy atom. The smallest absolute Gasteiger partial charge is 0.233 e. The number of nitrogens with zero attached hydrogens (tertiary/aromatic N) is 6. The van der Waals surface area contributed by atoms with Crippen molar-refractivity contribution in [3.8, 4) is 28.6 Å². The van der Waals surface area contributed by atoms with Crippen LogP contribution >= 0.6 is 0 Å². The SMILES string of the molecule is Cc1nnnn1-c1ccc(-c2ccc(OC3CC4CC[C@@H](C4)C3)nn2)c(O)c1. The molecular formula is C20H22N6O2. The van der Waals surface area contributed by atoms with Crippen LogP contribution in [0.25, 0.3) is 16.9 Å². The Morgan fingerprint density at radius 2 is 1.82 bits per heavy atom. The van der Waals surface area contributed by atoms with Crippen molar-refractivity contribution in [2.75, 3.05) is 0 Å². The molecule has 3 atom stereocenters. The lowest BCUT2D eigenvalue weighted by molar-refractivity contribution is 0.113.